The molecule has 0 N–H and O–H groups in total. The van der Waals surface area contributed by atoms with E-state index in [2.05, 4.69) is 37.3 Å². The van der Waals surface area contributed by atoms with Gasteiger partial charge in [-0.1, -0.05) is 32.1 Å². The van der Waals surface area contributed by atoms with Crippen molar-refractivity contribution < 1.29 is 0 Å². The molecular weight excluding hydrogens is 196 g/mol. The first-order valence-electron chi connectivity index (χ1n) is 5.51. The van der Waals surface area contributed by atoms with Gasteiger partial charge in [-0.25, -0.2) is 9.98 Å². The van der Waals surface area contributed by atoms with Gasteiger partial charge in [0.25, 0.3) is 0 Å². The second-order valence-electron chi connectivity index (χ2n) is 4.10. The van der Waals surface area contributed by atoms with Gasteiger partial charge < -0.3 is 0 Å². The number of nitrogens with zero attached hydrogens (tertiary/aromatic N) is 2. The molecule has 0 rings (SSSR count). The van der Waals surface area contributed by atoms with Gasteiger partial charge in [0.2, 0.25) is 0 Å². The molecule has 0 aromatic heterocycles. The van der Waals surface area contributed by atoms with Crippen LogP contribution >= 0.6 is 0 Å². The van der Waals surface area contributed by atoms with E-state index in [0.717, 1.165) is 11.4 Å². The number of rotatable bonds is 4. The Bertz CT molecular complexity index is 342. The van der Waals surface area contributed by atoms with Crippen LogP contribution in [0.1, 0.15) is 34.6 Å². The van der Waals surface area contributed by atoms with E-state index in [9.17, 15) is 0 Å². The Kier molecular flexibility index (Phi) is 7.10. The van der Waals surface area contributed by atoms with Crippen LogP contribution in [0.15, 0.2) is 46.1 Å². The summed E-state index contributed by atoms with van der Waals surface area (Å²) in [6, 6.07) is 0. The molecule has 0 heterocycles. The smallest absolute Gasteiger partial charge is 0.125 e. The van der Waals surface area contributed by atoms with Crippen LogP contribution in [0.3, 0.4) is 0 Å². The van der Waals surface area contributed by atoms with Crippen molar-refractivity contribution in [2.45, 2.75) is 34.6 Å². The molecule has 0 saturated carbocycles. The maximum atomic E-state index is 4.22. The SMILES string of the molecule is C=C/C(C)=C/N=C(C)N=C/C=C(\C)C(C)C. The van der Waals surface area contributed by atoms with E-state index in [4.69, 9.17) is 0 Å². The second-order valence-corrected chi connectivity index (χ2v) is 4.10. The molecule has 0 aliphatic carbocycles. The highest BCUT2D eigenvalue weighted by atomic mass is 14.9. The Hall–Kier alpha value is -1.44. The van der Waals surface area contributed by atoms with E-state index in [0.29, 0.717) is 5.92 Å². The molecule has 2 nitrogen and oxygen atoms in total. The van der Waals surface area contributed by atoms with E-state index in [-0.39, 0.29) is 0 Å². The molecule has 88 valence electrons. The molecule has 2 heteroatoms. The third-order valence-corrected chi connectivity index (χ3v) is 2.29. The topological polar surface area (TPSA) is 24.7 Å². The zero-order valence-electron chi connectivity index (χ0n) is 11.0. The average Bonchev–Trinajstić information content (AvgIpc) is 2.25. The molecule has 0 amide bonds. The summed E-state index contributed by atoms with van der Waals surface area (Å²) in [5.74, 6) is 1.31. The van der Waals surface area contributed by atoms with Crippen LogP contribution in [-0.4, -0.2) is 12.1 Å². The Morgan fingerprint density at radius 2 is 1.81 bits per heavy atom. The van der Waals surface area contributed by atoms with Gasteiger partial charge in [0.05, 0.1) is 0 Å². The highest BCUT2D eigenvalue weighted by Crippen LogP contribution is 2.05. The lowest BCUT2D eigenvalue weighted by Gasteiger charge is -2.01. The van der Waals surface area contributed by atoms with Gasteiger partial charge in [0.15, 0.2) is 0 Å². The van der Waals surface area contributed by atoms with Gasteiger partial charge >= 0.3 is 0 Å². The van der Waals surface area contributed by atoms with Gasteiger partial charge in [-0.05, 0) is 38.3 Å². The van der Waals surface area contributed by atoms with E-state index in [1.54, 1.807) is 18.5 Å². The van der Waals surface area contributed by atoms with Crippen LogP contribution in [-0.2, 0) is 0 Å². The van der Waals surface area contributed by atoms with Gasteiger partial charge in [-0.15, -0.1) is 0 Å². The second kappa shape index (κ2) is 7.80. The lowest BCUT2D eigenvalue weighted by atomic mass is 10.1. The minimum Gasteiger partial charge on any atom is -0.242 e. The van der Waals surface area contributed by atoms with E-state index in [1.807, 2.05) is 19.9 Å². The third-order valence-electron chi connectivity index (χ3n) is 2.29. The Labute approximate surface area is 99.2 Å². The molecule has 0 aliphatic rings. The zero-order valence-corrected chi connectivity index (χ0v) is 11.0. The normalized spacial score (nSPS) is 15.0. The van der Waals surface area contributed by atoms with Crippen LogP contribution in [0.4, 0.5) is 0 Å². The fourth-order valence-electron chi connectivity index (χ4n) is 0.736. The predicted molar refractivity (Wildman–Crippen MR) is 74.2 cm³/mol. The molecule has 0 aliphatic heterocycles. The zero-order chi connectivity index (χ0) is 12.6. The quantitative estimate of drug-likeness (QED) is 0.384. The van der Waals surface area contributed by atoms with E-state index >= 15 is 0 Å². The summed E-state index contributed by atoms with van der Waals surface area (Å²) in [6.45, 7) is 13.9. The number of amidine groups is 1. The molecule has 0 radical (unpaired) electrons. The summed E-state index contributed by atoms with van der Waals surface area (Å²) >= 11 is 0. The molecule has 0 unspecified atom stereocenters. The Morgan fingerprint density at radius 1 is 1.19 bits per heavy atom. The molecule has 0 aromatic rings. The number of aliphatic imine (C=N–C) groups is 2. The summed E-state index contributed by atoms with van der Waals surface area (Å²) < 4.78 is 0. The number of hydrogen-bond acceptors (Lipinski definition) is 1. The predicted octanol–water partition coefficient (Wildman–Crippen LogP) is 4.17. The average molecular weight is 218 g/mol. The van der Waals surface area contributed by atoms with Crippen molar-refractivity contribution >= 4 is 12.1 Å². The number of allylic oxidation sites excluding steroid dienone is 4. The first-order chi connectivity index (χ1) is 7.47. The molecule has 16 heavy (non-hydrogen) atoms. The summed E-state index contributed by atoms with van der Waals surface area (Å²) in [5, 5.41) is 0. The minimum absolute atomic E-state index is 0.562. The fraction of sp³-hybridized carbons (Fsp3) is 0.429. The van der Waals surface area contributed by atoms with Crippen molar-refractivity contribution in [1.29, 1.82) is 0 Å². The van der Waals surface area contributed by atoms with E-state index < -0.39 is 0 Å². The van der Waals surface area contributed by atoms with Crippen molar-refractivity contribution in [3.63, 3.8) is 0 Å². The van der Waals surface area contributed by atoms with Crippen LogP contribution in [0.25, 0.3) is 0 Å². The minimum atomic E-state index is 0.562. The van der Waals surface area contributed by atoms with Gasteiger partial charge in [0.1, 0.15) is 5.84 Å². The van der Waals surface area contributed by atoms with Gasteiger partial charge in [0, 0.05) is 12.4 Å². The monoisotopic (exact) mass is 218 g/mol. The molecule has 0 fully saturated rings. The lowest BCUT2D eigenvalue weighted by Crippen LogP contribution is -1.90. The van der Waals surface area contributed by atoms with Crippen LogP contribution in [0, 0.1) is 5.92 Å². The largest absolute Gasteiger partial charge is 0.242 e. The maximum Gasteiger partial charge on any atom is 0.125 e. The van der Waals surface area contributed by atoms with Crippen molar-refractivity contribution in [1.82, 2.24) is 0 Å². The van der Waals surface area contributed by atoms with Crippen LogP contribution in [0.2, 0.25) is 0 Å². The van der Waals surface area contributed by atoms with Crippen molar-refractivity contribution in [2.24, 2.45) is 15.9 Å². The highest BCUT2D eigenvalue weighted by Gasteiger charge is 1.92. The van der Waals surface area contributed by atoms with Gasteiger partial charge in [-0.2, -0.15) is 0 Å². The van der Waals surface area contributed by atoms with Gasteiger partial charge in [-0.3, -0.25) is 0 Å². The van der Waals surface area contributed by atoms with Crippen molar-refractivity contribution in [2.75, 3.05) is 0 Å². The summed E-state index contributed by atoms with van der Waals surface area (Å²) in [6.07, 6.45) is 7.35. The lowest BCUT2D eigenvalue weighted by molar-refractivity contribution is 0.771. The molecular formula is C14H22N2. The molecule has 0 aromatic carbocycles. The Balaban J connectivity index is 4.46. The first-order valence-corrected chi connectivity index (χ1v) is 5.51. The summed E-state index contributed by atoms with van der Waals surface area (Å²) in [7, 11) is 0. The van der Waals surface area contributed by atoms with Crippen LogP contribution < -0.4 is 0 Å². The Morgan fingerprint density at radius 3 is 2.31 bits per heavy atom. The maximum absolute atomic E-state index is 4.22. The highest BCUT2D eigenvalue weighted by molar-refractivity contribution is 5.91. The van der Waals surface area contributed by atoms with Crippen molar-refractivity contribution in [3.05, 3.63) is 36.1 Å². The molecule has 0 atom stereocenters. The standard InChI is InChI=1S/C14H22N2/c1-7-12(4)10-16-14(6)15-9-8-13(5)11(2)3/h7-11H,1H2,2-6H3/b12-10+,13-8+,15-9?,16-14?. The van der Waals surface area contributed by atoms with Crippen LogP contribution in [0.5, 0.6) is 0 Å². The first kappa shape index (κ1) is 14.6. The molecule has 0 spiro atoms. The summed E-state index contributed by atoms with van der Waals surface area (Å²) in [5.41, 5.74) is 2.35. The van der Waals surface area contributed by atoms with Crippen molar-refractivity contribution in [3.8, 4) is 0 Å². The van der Waals surface area contributed by atoms with E-state index in [1.165, 1.54) is 5.57 Å². The molecule has 0 saturated heterocycles. The molecule has 0 bridgehead atoms. The fourth-order valence-corrected chi connectivity index (χ4v) is 0.736. The number of hydrogen-bond donors (Lipinski definition) is 0. The summed E-state index contributed by atoms with van der Waals surface area (Å²) in [4.78, 5) is 8.42. The third kappa shape index (κ3) is 6.93.